The predicted octanol–water partition coefficient (Wildman–Crippen LogP) is 0.634. The SMILES string of the molecule is NC(=O)c1[c]ccnc1Cl. The minimum Gasteiger partial charge on any atom is -0.365 e. The number of nitrogens with zero attached hydrogens (tertiary/aromatic N) is 1. The van der Waals surface area contributed by atoms with Crippen LogP contribution in [0.5, 0.6) is 0 Å². The van der Waals surface area contributed by atoms with Crippen molar-refractivity contribution >= 4 is 17.5 Å². The van der Waals surface area contributed by atoms with Gasteiger partial charge >= 0.3 is 0 Å². The van der Waals surface area contributed by atoms with Crippen molar-refractivity contribution in [2.24, 2.45) is 5.73 Å². The summed E-state index contributed by atoms with van der Waals surface area (Å²) in [5, 5.41) is 0.0926. The maximum atomic E-state index is 10.5. The van der Waals surface area contributed by atoms with Crippen LogP contribution in [0.2, 0.25) is 5.15 Å². The van der Waals surface area contributed by atoms with Gasteiger partial charge in [0, 0.05) is 12.3 Å². The highest BCUT2D eigenvalue weighted by Crippen LogP contribution is 2.08. The lowest BCUT2D eigenvalue weighted by Gasteiger charge is -1.93. The van der Waals surface area contributed by atoms with Crippen LogP contribution in [0, 0.1) is 6.07 Å². The second-order valence-electron chi connectivity index (χ2n) is 1.62. The van der Waals surface area contributed by atoms with Gasteiger partial charge in [-0.2, -0.15) is 0 Å². The molecule has 1 rings (SSSR count). The number of primary amides is 1. The maximum absolute atomic E-state index is 10.5. The topological polar surface area (TPSA) is 56.0 Å². The monoisotopic (exact) mass is 155 g/mol. The van der Waals surface area contributed by atoms with E-state index in [-0.39, 0.29) is 10.7 Å². The number of hydrogen-bond donors (Lipinski definition) is 1. The zero-order valence-corrected chi connectivity index (χ0v) is 5.72. The minimum atomic E-state index is -0.613. The Labute approximate surface area is 62.8 Å². The molecule has 1 aromatic rings. The minimum absolute atomic E-state index is 0.0926. The molecule has 0 spiro atoms. The first-order valence-electron chi connectivity index (χ1n) is 2.54. The number of carbonyl (C=O) groups excluding carboxylic acids is 1. The van der Waals surface area contributed by atoms with Crippen molar-refractivity contribution in [2.75, 3.05) is 0 Å². The van der Waals surface area contributed by atoms with E-state index in [9.17, 15) is 4.79 Å². The molecule has 0 saturated heterocycles. The van der Waals surface area contributed by atoms with Crippen molar-refractivity contribution in [3.8, 4) is 0 Å². The lowest BCUT2D eigenvalue weighted by Crippen LogP contribution is -2.11. The Morgan fingerprint density at radius 2 is 2.50 bits per heavy atom. The molecule has 0 unspecified atom stereocenters. The summed E-state index contributed by atoms with van der Waals surface area (Å²) in [6.45, 7) is 0. The van der Waals surface area contributed by atoms with E-state index in [1.54, 1.807) is 0 Å². The standard InChI is InChI=1S/C6H4ClN2O/c7-5-4(6(8)10)2-1-3-9-5/h1,3H,(H2,8,10). The molecule has 3 nitrogen and oxygen atoms in total. The Bertz CT molecular complexity index is 262. The number of halogens is 1. The lowest BCUT2D eigenvalue weighted by atomic mass is 10.3. The fourth-order valence-corrected chi connectivity index (χ4v) is 0.724. The summed E-state index contributed by atoms with van der Waals surface area (Å²) < 4.78 is 0. The van der Waals surface area contributed by atoms with Gasteiger partial charge in [-0.25, -0.2) is 4.98 Å². The fourth-order valence-electron chi connectivity index (χ4n) is 0.520. The van der Waals surface area contributed by atoms with Crippen LogP contribution in [0.1, 0.15) is 10.4 Å². The van der Waals surface area contributed by atoms with Gasteiger partial charge in [-0.3, -0.25) is 4.79 Å². The van der Waals surface area contributed by atoms with Gasteiger partial charge < -0.3 is 5.73 Å². The normalized spacial score (nSPS) is 9.30. The molecule has 0 atom stereocenters. The zero-order valence-electron chi connectivity index (χ0n) is 4.97. The summed E-state index contributed by atoms with van der Waals surface area (Å²) in [6.07, 6.45) is 1.44. The van der Waals surface area contributed by atoms with E-state index in [0.29, 0.717) is 0 Å². The molecule has 1 heterocycles. The predicted molar refractivity (Wildman–Crippen MR) is 36.6 cm³/mol. The summed E-state index contributed by atoms with van der Waals surface area (Å²) in [6, 6.07) is 4.05. The molecule has 1 amide bonds. The van der Waals surface area contributed by atoms with E-state index < -0.39 is 5.91 Å². The van der Waals surface area contributed by atoms with Crippen molar-refractivity contribution < 1.29 is 4.79 Å². The van der Waals surface area contributed by atoms with E-state index in [1.807, 2.05) is 0 Å². The number of carbonyl (C=O) groups is 1. The molecule has 2 N–H and O–H groups in total. The fraction of sp³-hybridized carbons (Fsp3) is 0. The molecule has 0 fully saturated rings. The summed E-state index contributed by atoms with van der Waals surface area (Å²) in [7, 11) is 0. The van der Waals surface area contributed by atoms with Crippen LogP contribution in [-0.2, 0) is 0 Å². The van der Waals surface area contributed by atoms with Crippen LogP contribution >= 0.6 is 11.6 Å². The highest BCUT2D eigenvalue weighted by atomic mass is 35.5. The van der Waals surface area contributed by atoms with Crippen LogP contribution in [-0.4, -0.2) is 10.9 Å². The lowest BCUT2D eigenvalue weighted by molar-refractivity contribution is 0.1000. The third-order valence-electron chi connectivity index (χ3n) is 0.943. The number of rotatable bonds is 1. The Kier molecular flexibility index (Phi) is 1.87. The van der Waals surface area contributed by atoms with Crippen LogP contribution in [0.15, 0.2) is 12.3 Å². The van der Waals surface area contributed by atoms with Crippen LogP contribution in [0.3, 0.4) is 0 Å². The molecule has 0 aliphatic rings. The number of amides is 1. The van der Waals surface area contributed by atoms with Crippen LogP contribution in [0.25, 0.3) is 0 Å². The van der Waals surface area contributed by atoms with Gasteiger partial charge in [-0.1, -0.05) is 11.6 Å². The number of pyridine rings is 1. The summed E-state index contributed by atoms with van der Waals surface area (Å²) in [5.41, 5.74) is 5.05. The molecule has 0 bridgehead atoms. The highest BCUT2D eigenvalue weighted by Gasteiger charge is 2.04. The summed E-state index contributed by atoms with van der Waals surface area (Å²) >= 11 is 5.48. The quantitative estimate of drug-likeness (QED) is 0.605. The molecule has 4 heteroatoms. The Hall–Kier alpha value is -1.09. The number of nitrogens with two attached hydrogens (primary N) is 1. The highest BCUT2D eigenvalue weighted by molar-refractivity contribution is 6.32. The molecule has 1 radical (unpaired) electrons. The Morgan fingerprint density at radius 1 is 1.80 bits per heavy atom. The van der Waals surface area contributed by atoms with Crippen LogP contribution < -0.4 is 5.73 Å². The van der Waals surface area contributed by atoms with Crippen molar-refractivity contribution in [3.05, 3.63) is 29.0 Å². The van der Waals surface area contributed by atoms with E-state index in [0.717, 1.165) is 0 Å². The van der Waals surface area contributed by atoms with Gasteiger partial charge in [0.25, 0.3) is 5.91 Å². The summed E-state index contributed by atoms with van der Waals surface area (Å²) in [5.74, 6) is -0.613. The Morgan fingerprint density at radius 3 is 2.90 bits per heavy atom. The van der Waals surface area contributed by atoms with Crippen molar-refractivity contribution in [2.45, 2.75) is 0 Å². The second-order valence-corrected chi connectivity index (χ2v) is 1.98. The molecule has 0 aliphatic carbocycles. The number of aromatic nitrogens is 1. The third-order valence-corrected chi connectivity index (χ3v) is 1.23. The van der Waals surface area contributed by atoms with Crippen molar-refractivity contribution in [1.29, 1.82) is 0 Å². The van der Waals surface area contributed by atoms with E-state index >= 15 is 0 Å². The summed E-state index contributed by atoms with van der Waals surface area (Å²) in [4.78, 5) is 14.1. The molecule has 0 saturated carbocycles. The van der Waals surface area contributed by atoms with Gasteiger partial charge in [0.1, 0.15) is 5.15 Å². The van der Waals surface area contributed by atoms with Gasteiger partial charge in [-0.15, -0.1) is 0 Å². The zero-order chi connectivity index (χ0) is 7.56. The molecular formula is C6H4ClN2O. The van der Waals surface area contributed by atoms with Gasteiger partial charge in [0.2, 0.25) is 0 Å². The molecule has 1 aromatic heterocycles. The maximum Gasteiger partial charge on any atom is 0.252 e. The molecule has 51 valence electrons. The first kappa shape index (κ1) is 7.02. The third kappa shape index (κ3) is 1.25. The molecular weight excluding hydrogens is 152 g/mol. The molecule has 0 aromatic carbocycles. The molecule has 0 aliphatic heterocycles. The van der Waals surface area contributed by atoms with Gasteiger partial charge in [-0.05, 0) is 6.07 Å². The van der Waals surface area contributed by atoms with E-state index in [1.165, 1.54) is 12.3 Å². The number of hydrogen-bond acceptors (Lipinski definition) is 2. The average Bonchev–Trinajstić information content (AvgIpc) is 1.88. The first-order valence-corrected chi connectivity index (χ1v) is 2.91. The van der Waals surface area contributed by atoms with Crippen LogP contribution in [0.4, 0.5) is 0 Å². The van der Waals surface area contributed by atoms with E-state index in [2.05, 4.69) is 11.1 Å². The van der Waals surface area contributed by atoms with E-state index in [4.69, 9.17) is 17.3 Å². The van der Waals surface area contributed by atoms with Gasteiger partial charge in [0.05, 0.1) is 5.56 Å². The second kappa shape index (κ2) is 2.66. The molecule has 10 heavy (non-hydrogen) atoms. The largest absolute Gasteiger partial charge is 0.365 e. The average molecular weight is 156 g/mol. The smallest absolute Gasteiger partial charge is 0.252 e. The first-order chi connectivity index (χ1) is 4.72. The van der Waals surface area contributed by atoms with Gasteiger partial charge in [0.15, 0.2) is 0 Å². The van der Waals surface area contributed by atoms with Crippen molar-refractivity contribution in [1.82, 2.24) is 4.98 Å². The van der Waals surface area contributed by atoms with Crippen molar-refractivity contribution in [3.63, 3.8) is 0 Å². The Balaban J connectivity index is 3.15.